The van der Waals surface area contributed by atoms with Crippen LogP contribution >= 0.6 is 0 Å². The summed E-state index contributed by atoms with van der Waals surface area (Å²) in [6.07, 6.45) is 0. The summed E-state index contributed by atoms with van der Waals surface area (Å²) in [5.74, 6) is -2.15. The average Bonchev–Trinajstić information content (AvgIpc) is 2.61. The summed E-state index contributed by atoms with van der Waals surface area (Å²) in [6.45, 7) is 1.92. The molecule has 2 amide bonds. The number of carbonyl (C=O) groups excluding carboxylic acids is 2. The Labute approximate surface area is 149 Å². The first-order chi connectivity index (χ1) is 12.4. The third-order valence-electron chi connectivity index (χ3n) is 3.33. The molecular formula is C18H18F2N2O4. The molecule has 2 aromatic carbocycles. The van der Waals surface area contributed by atoms with E-state index in [9.17, 15) is 18.4 Å². The Balaban J connectivity index is 1.95. The molecule has 0 aromatic heterocycles. The maximum Gasteiger partial charge on any atom is 0.254 e. The summed E-state index contributed by atoms with van der Waals surface area (Å²) in [6, 6.07) is 7.41. The van der Waals surface area contributed by atoms with Crippen molar-refractivity contribution < 1.29 is 27.8 Å². The zero-order valence-corrected chi connectivity index (χ0v) is 14.3. The minimum Gasteiger partial charge on any atom is -0.493 e. The number of nitrogens with one attached hydrogen (secondary N) is 2. The molecule has 0 atom stereocenters. The van der Waals surface area contributed by atoms with Crippen LogP contribution in [0.25, 0.3) is 0 Å². The fourth-order valence-electron chi connectivity index (χ4n) is 2.15. The van der Waals surface area contributed by atoms with E-state index in [1.54, 1.807) is 18.2 Å². The average molecular weight is 364 g/mol. The molecule has 8 heteroatoms. The van der Waals surface area contributed by atoms with Gasteiger partial charge in [0.05, 0.1) is 25.8 Å². The van der Waals surface area contributed by atoms with Gasteiger partial charge < -0.3 is 20.1 Å². The summed E-state index contributed by atoms with van der Waals surface area (Å²) in [5, 5.41) is 4.84. The first-order valence-corrected chi connectivity index (χ1v) is 7.78. The summed E-state index contributed by atoms with van der Waals surface area (Å²) < 4.78 is 36.9. The van der Waals surface area contributed by atoms with Crippen LogP contribution in [-0.2, 0) is 4.79 Å². The number of benzene rings is 2. The van der Waals surface area contributed by atoms with E-state index in [0.717, 1.165) is 12.1 Å². The fraction of sp³-hybridized carbons (Fsp3) is 0.222. The Morgan fingerprint density at radius 1 is 1.08 bits per heavy atom. The lowest BCUT2D eigenvalue weighted by atomic mass is 10.2. The number of carbonyl (C=O) groups is 2. The van der Waals surface area contributed by atoms with Crippen LogP contribution in [0.3, 0.4) is 0 Å². The molecule has 0 bridgehead atoms. The number of amides is 2. The Kier molecular flexibility index (Phi) is 6.48. The highest BCUT2D eigenvalue weighted by atomic mass is 19.1. The quantitative estimate of drug-likeness (QED) is 0.792. The van der Waals surface area contributed by atoms with Crippen molar-refractivity contribution in [2.45, 2.75) is 6.92 Å². The molecule has 0 aliphatic carbocycles. The predicted octanol–water partition coefficient (Wildman–Crippen LogP) is 2.74. The molecule has 0 heterocycles. The summed E-state index contributed by atoms with van der Waals surface area (Å²) in [7, 11) is 1.47. The van der Waals surface area contributed by atoms with Crippen LogP contribution in [0.1, 0.15) is 17.3 Å². The van der Waals surface area contributed by atoms with Crippen LogP contribution in [-0.4, -0.2) is 32.1 Å². The van der Waals surface area contributed by atoms with Crippen molar-refractivity contribution in [2.24, 2.45) is 0 Å². The van der Waals surface area contributed by atoms with E-state index in [-0.39, 0.29) is 12.1 Å². The number of rotatable bonds is 7. The second-order valence-corrected chi connectivity index (χ2v) is 5.15. The van der Waals surface area contributed by atoms with Gasteiger partial charge in [-0.05, 0) is 31.2 Å². The second-order valence-electron chi connectivity index (χ2n) is 5.15. The van der Waals surface area contributed by atoms with Gasteiger partial charge in [0.2, 0.25) is 5.91 Å². The zero-order valence-electron chi connectivity index (χ0n) is 14.3. The van der Waals surface area contributed by atoms with Crippen LogP contribution < -0.4 is 20.1 Å². The second kappa shape index (κ2) is 8.80. The van der Waals surface area contributed by atoms with Crippen molar-refractivity contribution in [1.82, 2.24) is 5.32 Å². The van der Waals surface area contributed by atoms with Crippen molar-refractivity contribution in [3.63, 3.8) is 0 Å². The van der Waals surface area contributed by atoms with E-state index in [4.69, 9.17) is 9.47 Å². The highest BCUT2D eigenvalue weighted by Crippen LogP contribution is 2.30. The van der Waals surface area contributed by atoms with E-state index in [0.29, 0.717) is 29.9 Å². The highest BCUT2D eigenvalue weighted by Gasteiger charge is 2.14. The van der Waals surface area contributed by atoms with Gasteiger partial charge in [-0.2, -0.15) is 0 Å². The minimum atomic E-state index is -1.00. The van der Waals surface area contributed by atoms with Crippen molar-refractivity contribution in [3.8, 4) is 11.5 Å². The van der Waals surface area contributed by atoms with Crippen LogP contribution in [0.4, 0.5) is 14.5 Å². The number of ether oxygens (including phenoxy) is 2. The lowest BCUT2D eigenvalue weighted by molar-refractivity contribution is -0.115. The molecular weight excluding hydrogens is 346 g/mol. The van der Waals surface area contributed by atoms with Gasteiger partial charge in [-0.3, -0.25) is 9.59 Å². The monoisotopic (exact) mass is 364 g/mol. The first kappa shape index (κ1) is 19.2. The Hall–Kier alpha value is -3.16. The number of anilines is 1. The zero-order chi connectivity index (χ0) is 19.1. The number of hydrogen-bond donors (Lipinski definition) is 2. The van der Waals surface area contributed by atoms with Crippen molar-refractivity contribution >= 4 is 17.5 Å². The summed E-state index contributed by atoms with van der Waals surface area (Å²) >= 11 is 0. The van der Waals surface area contributed by atoms with Crippen LogP contribution in [0.2, 0.25) is 0 Å². The maximum atomic E-state index is 13.5. The first-order valence-electron chi connectivity index (χ1n) is 7.78. The third kappa shape index (κ3) is 4.92. The standard InChI is InChI=1S/C18H18F2N2O4/c1-3-26-15-7-5-12(9-16(15)25-2)22-17(23)10-21-18(24)13-6-4-11(19)8-14(13)20/h4-9H,3,10H2,1-2H3,(H,21,24)(H,22,23). The Morgan fingerprint density at radius 2 is 1.85 bits per heavy atom. The van der Waals surface area contributed by atoms with Crippen molar-refractivity contribution in [2.75, 3.05) is 25.6 Å². The molecule has 26 heavy (non-hydrogen) atoms. The van der Waals surface area contributed by atoms with Gasteiger partial charge in [0.25, 0.3) is 5.91 Å². The largest absolute Gasteiger partial charge is 0.493 e. The fourth-order valence-corrected chi connectivity index (χ4v) is 2.15. The molecule has 2 N–H and O–H groups in total. The van der Waals surface area contributed by atoms with Gasteiger partial charge in [0.15, 0.2) is 11.5 Å². The smallest absolute Gasteiger partial charge is 0.254 e. The Morgan fingerprint density at radius 3 is 2.50 bits per heavy atom. The SMILES string of the molecule is CCOc1ccc(NC(=O)CNC(=O)c2ccc(F)cc2F)cc1OC. The van der Waals surface area contributed by atoms with Crippen molar-refractivity contribution in [3.05, 3.63) is 53.6 Å². The molecule has 0 saturated carbocycles. The normalized spacial score (nSPS) is 10.2. The molecule has 138 valence electrons. The van der Waals surface area contributed by atoms with Gasteiger partial charge in [-0.15, -0.1) is 0 Å². The lowest BCUT2D eigenvalue weighted by Crippen LogP contribution is -2.33. The van der Waals surface area contributed by atoms with Crippen LogP contribution in [0.15, 0.2) is 36.4 Å². The molecule has 2 aromatic rings. The van der Waals surface area contributed by atoms with Crippen LogP contribution in [0, 0.1) is 11.6 Å². The molecule has 2 rings (SSSR count). The van der Waals surface area contributed by atoms with Gasteiger partial charge in [-0.1, -0.05) is 0 Å². The van der Waals surface area contributed by atoms with Gasteiger partial charge in [0, 0.05) is 17.8 Å². The van der Waals surface area contributed by atoms with E-state index in [1.165, 1.54) is 7.11 Å². The van der Waals surface area contributed by atoms with E-state index < -0.39 is 23.4 Å². The number of hydrogen-bond acceptors (Lipinski definition) is 4. The molecule has 0 aliphatic rings. The van der Waals surface area contributed by atoms with E-state index >= 15 is 0 Å². The van der Waals surface area contributed by atoms with Gasteiger partial charge in [0.1, 0.15) is 11.6 Å². The van der Waals surface area contributed by atoms with Crippen LogP contribution in [0.5, 0.6) is 11.5 Å². The van der Waals surface area contributed by atoms with E-state index in [1.807, 2.05) is 6.92 Å². The molecule has 0 fully saturated rings. The number of methoxy groups -OCH3 is 1. The van der Waals surface area contributed by atoms with Gasteiger partial charge in [-0.25, -0.2) is 8.78 Å². The molecule has 6 nitrogen and oxygen atoms in total. The third-order valence-corrected chi connectivity index (χ3v) is 3.33. The van der Waals surface area contributed by atoms with E-state index in [2.05, 4.69) is 10.6 Å². The Bertz CT molecular complexity index is 812. The summed E-state index contributed by atoms with van der Waals surface area (Å²) in [4.78, 5) is 23.8. The lowest BCUT2D eigenvalue weighted by Gasteiger charge is -2.12. The van der Waals surface area contributed by atoms with Gasteiger partial charge >= 0.3 is 0 Å². The molecule has 0 radical (unpaired) electrons. The highest BCUT2D eigenvalue weighted by molar-refractivity contribution is 5.99. The topological polar surface area (TPSA) is 76.7 Å². The molecule has 0 aliphatic heterocycles. The minimum absolute atomic E-state index is 0.345. The molecule has 0 spiro atoms. The molecule has 0 unspecified atom stereocenters. The molecule has 0 saturated heterocycles. The number of halogens is 2. The maximum absolute atomic E-state index is 13.5. The summed E-state index contributed by atoms with van der Waals surface area (Å²) in [5.41, 5.74) is 0.0967. The van der Waals surface area contributed by atoms with Crippen molar-refractivity contribution in [1.29, 1.82) is 0 Å². The predicted molar refractivity (Wildman–Crippen MR) is 91.5 cm³/mol.